The molecule has 8 heteroatoms. The molecule has 2 aliphatic heterocycles. The lowest BCUT2D eigenvalue weighted by molar-refractivity contribution is -0.138. The van der Waals surface area contributed by atoms with Gasteiger partial charge in [0.05, 0.1) is 28.6 Å². The Labute approximate surface area is 212 Å². The van der Waals surface area contributed by atoms with Crippen molar-refractivity contribution < 1.29 is 14.3 Å². The summed E-state index contributed by atoms with van der Waals surface area (Å²) in [4.78, 5) is 47.5. The fraction of sp³-hybridized carbons (Fsp3) is 0.214. The number of amides is 1. The molecule has 0 N–H and O–H groups in total. The number of allylic oxidation sites excluding steroid dienone is 1. The van der Waals surface area contributed by atoms with Crippen molar-refractivity contribution >= 4 is 34.5 Å². The number of hydrogen-bond acceptors (Lipinski definition) is 6. The highest BCUT2D eigenvalue weighted by Gasteiger charge is 2.37. The maximum atomic E-state index is 14.0. The molecule has 36 heavy (non-hydrogen) atoms. The molecule has 0 aliphatic carbocycles. The minimum atomic E-state index is -0.729. The zero-order valence-corrected chi connectivity index (χ0v) is 20.9. The van der Waals surface area contributed by atoms with Crippen LogP contribution in [0.25, 0.3) is 5.57 Å². The SMILES string of the molecule is C=CCOC(=O)C1=C(C)N=c2s/c(=C3/C(=O)N(CCC)c4ccccc43)c(=O)n2[C@@H]1c1ccccc1. The smallest absolute Gasteiger partial charge is 0.338 e. The van der Waals surface area contributed by atoms with Gasteiger partial charge in [-0.15, -0.1) is 0 Å². The first-order chi connectivity index (χ1) is 17.5. The summed E-state index contributed by atoms with van der Waals surface area (Å²) in [7, 11) is 0. The van der Waals surface area contributed by atoms with Crippen molar-refractivity contribution in [2.45, 2.75) is 26.3 Å². The normalized spacial score (nSPS) is 18.0. The lowest BCUT2D eigenvalue weighted by Gasteiger charge is -2.24. The van der Waals surface area contributed by atoms with Gasteiger partial charge in [0.25, 0.3) is 11.5 Å². The van der Waals surface area contributed by atoms with Crippen LogP contribution < -0.4 is 19.8 Å². The van der Waals surface area contributed by atoms with Crippen LogP contribution in [0.5, 0.6) is 0 Å². The molecule has 0 bridgehead atoms. The van der Waals surface area contributed by atoms with Crippen LogP contribution in [0.15, 0.2) is 88.3 Å². The number of carbonyl (C=O) groups excluding carboxylic acids is 2. The molecule has 5 rings (SSSR count). The lowest BCUT2D eigenvalue weighted by Crippen LogP contribution is -2.41. The average Bonchev–Trinajstić information content (AvgIpc) is 3.35. The second-order valence-electron chi connectivity index (χ2n) is 8.55. The molecule has 3 heterocycles. The van der Waals surface area contributed by atoms with Crippen molar-refractivity contribution in [3.63, 3.8) is 0 Å². The van der Waals surface area contributed by atoms with E-state index < -0.39 is 12.0 Å². The van der Waals surface area contributed by atoms with E-state index in [9.17, 15) is 14.4 Å². The van der Waals surface area contributed by atoms with Gasteiger partial charge in [0.15, 0.2) is 4.80 Å². The molecule has 0 unspecified atom stereocenters. The number of rotatable bonds is 6. The Kier molecular flexibility index (Phi) is 6.28. The number of ether oxygens (including phenoxy) is 1. The number of aromatic nitrogens is 1. The highest BCUT2D eigenvalue weighted by atomic mass is 32.1. The zero-order chi connectivity index (χ0) is 25.4. The van der Waals surface area contributed by atoms with Gasteiger partial charge in [0.2, 0.25) is 0 Å². The number of thiazole rings is 1. The van der Waals surface area contributed by atoms with Crippen molar-refractivity contribution in [2.75, 3.05) is 18.1 Å². The van der Waals surface area contributed by atoms with E-state index in [1.54, 1.807) is 11.8 Å². The maximum Gasteiger partial charge on any atom is 0.338 e. The van der Waals surface area contributed by atoms with Crippen molar-refractivity contribution in [1.82, 2.24) is 4.57 Å². The van der Waals surface area contributed by atoms with Crippen LogP contribution in [0.4, 0.5) is 5.69 Å². The molecule has 7 nitrogen and oxygen atoms in total. The number of carbonyl (C=O) groups is 2. The molecule has 0 fully saturated rings. The Morgan fingerprint density at radius 2 is 1.86 bits per heavy atom. The molecule has 0 spiro atoms. The summed E-state index contributed by atoms with van der Waals surface area (Å²) >= 11 is 1.18. The minimum Gasteiger partial charge on any atom is -0.458 e. The van der Waals surface area contributed by atoms with Crippen LogP contribution in [0, 0.1) is 0 Å². The third kappa shape index (κ3) is 3.74. The van der Waals surface area contributed by atoms with Gasteiger partial charge in [-0.2, -0.15) is 0 Å². The van der Waals surface area contributed by atoms with E-state index in [1.165, 1.54) is 22.0 Å². The van der Waals surface area contributed by atoms with Gasteiger partial charge in [0.1, 0.15) is 11.1 Å². The van der Waals surface area contributed by atoms with Crippen LogP contribution in [-0.4, -0.2) is 29.6 Å². The Balaban J connectivity index is 1.79. The summed E-state index contributed by atoms with van der Waals surface area (Å²) in [6, 6.07) is 16.1. The zero-order valence-electron chi connectivity index (χ0n) is 20.1. The van der Waals surface area contributed by atoms with Crippen molar-refractivity contribution in [2.24, 2.45) is 4.99 Å². The van der Waals surface area contributed by atoms with Crippen LogP contribution in [0.2, 0.25) is 0 Å². The minimum absolute atomic E-state index is 0.0459. The second-order valence-corrected chi connectivity index (χ2v) is 9.53. The number of para-hydroxylation sites is 1. The van der Waals surface area contributed by atoms with Gasteiger partial charge in [-0.1, -0.05) is 79.4 Å². The Bertz CT molecular complexity index is 1600. The first-order valence-corrected chi connectivity index (χ1v) is 12.6. The number of anilines is 1. The predicted octanol–water partition coefficient (Wildman–Crippen LogP) is 3.09. The van der Waals surface area contributed by atoms with E-state index >= 15 is 0 Å². The van der Waals surface area contributed by atoms with E-state index in [0.29, 0.717) is 27.1 Å². The summed E-state index contributed by atoms with van der Waals surface area (Å²) in [6.45, 7) is 7.96. The van der Waals surface area contributed by atoms with Gasteiger partial charge in [-0.3, -0.25) is 14.2 Å². The van der Waals surface area contributed by atoms with Crippen LogP contribution in [0.1, 0.15) is 37.4 Å². The lowest BCUT2D eigenvalue weighted by atomic mass is 9.96. The van der Waals surface area contributed by atoms with E-state index in [2.05, 4.69) is 11.6 Å². The molecule has 1 atom stereocenters. The average molecular weight is 500 g/mol. The molecular formula is C28H25N3O4S. The van der Waals surface area contributed by atoms with Crippen LogP contribution in [0.3, 0.4) is 0 Å². The molecule has 3 aromatic rings. The van der Waals surface area contributed by atoms with E-state index in [0.717, 1.165) is 23.2 Å². The fourth-order valence-corrected chi connectivity index (χ4v) is 5.88. The molecule has 0 radical (unpaired) electrons. The Morgan fingerprint density at radius 3 is 2.58 bits per heavy atom. The molecule has 182 valence electrons. The first kappa shape index (κ1) is 23.7. The van der Waals surface area contributed by atoms with Crippen molar-refractivity contribution in [3.05, 3.63) is 109 Å². The predicted molar refractivity (Wildman–Crippen MR) is 139 cm³/mol. The maximum absolute atomic E-state index is 14.0. The van der Waals surface area contributed by atoms with Crippen LogP contribution >= 0.6 is 11.3 Å². The summed E-state index contributed by atoms with van der Waals surface area (Å²) in [6.07, 6.45) is 2.28. The monoisotopic (exact) mass is 499 g/mol. The van der Waals surface area contributed by atoms with Crippen LogP contribution in [-0.2, 0) is 14.3 Å². The fourth-order valence-electron chi connectivity index (χ4n) is 4.74. The molecule has 2 aliphatic rings. The van der Waals surface area contributed by atoms with E-state index in [1.807, 2.05) is 61.5 Å². The standard InChI is InChI=1S/C28H25N3O4S/c1-4-15-30-20-14-10-9-13-19(20)22(25(30)32)24-26(33)31-23(18-11-7-6-8-12-18)21(27(34)35-16-5-2)17(3)29-28(31)36-24/h5-14,23H,2,4,15-16H2,1,3H3/b24-22+/t23-/m1/s1. The van der Waals surface area contributed by atoms with E-state index in [-0.39, 0.29) is 23.6 Å². The Hall–Kier alpha value is -4.04. The van der Waals surface area contributed by atoms with Gasteiger partial charge < -0.3 is 9.64 Å². The van der Waals surface area contributed by atoms with Crippen molar-refractivity contribution in [1.29, 1.82) is 0 Å². The largest absolute Gasteiger partial charge is 0.458 e. The number of nitrogens with zero attached hydrogens (tertiary/aromatic N) is 3. The highest BCUT2D eigenvalue weighted by molar-refractivity contribution is 7.07. The number of fused-ring (bicyclic) bond motifs is 2. The Morgan fingerprint density at radius 1 is 1.14 bits per heavy atom. The third-order valence-corrected chi connectivity index (χ3v) is 7.32. The van der Waals surface area contributed by atoms with Gasteiger partial charge in [-0.05, 0) is 25.0 Å². The number of esters is 1. The summed E-state index contributed by atoms with van der Waals surface area (Å²) in [5.41, 5.74) is 3.07. The number of benzene rings is 2. The molecular weight excluding hydrogens is 474 g/mol. The van der Waals surface area contributed by atoms with E-state index in [4.69, 9.17) is 4.74 Å². The summed E-state index contributed by atoms with van der Waals surface area (Å²) < 4.78 is 7.20. The summed E-state index contributed by atoms with van der Waals surface area (Å²) in [5, 5.41) is 0. The number of hydrogen-bond donors (Lipinski definition) is 0. The molecule has 0 saturated carbocycles. The third-order valence-electron chi connectivity index (χ3n) is 6.26. The topological polar surface area (TPSA) is 81.0 Å². The quantitative estimate of drug-likeness (QED) is 0.386. The van der Waals surface area contributed by atoms with Gasteiger partial charge in [-0.25, -0.2) is 9.79 Å². The molecule has 2 aromatic carbocycles. The van der Waals surface area contributed by atoms with Gasteiger partial charge in [0, 0.05) is 12.1 Å². The van der Waals surface area contributed by atoms with Gasteiger partial charge >= 0.3 is 5.97 Å². The highest BCUT2D eigenvalue weighted by Crippen LogP contribution is 2.35. The molecule has 1 aromatic heterocycles. The second kappa shape index (κ2) is 9.54. The first-order valence-electron chi connectivity index (χ1n) is 11.8. The van der Waals surface area contributed by atoms with Crippen molar-refractivity contribution in [3.8, 4) is 0 Å². The molecule has 0 saturated heterocycles. The molecule has 1 amide bonds. The summed E-state index contributed by atoms with van der Waals surface area (Å²) in [5.74, 6) is -0.750.